The average Bonchev–Trinajstić information content (AvgIpc) is 3.87. The third-order valence-corrected chi connectivity index (χ3v) is 14.1. The zero-order chi connectivity index (χ0) is 40.8. The lowest BCUT2D eigenvalue weighted by molar-refractivity contribution is 0.400. The number of furan rings is 1. The monoisotopic (exact) mass is 797 g/mol. The predicted octanol–water partition coefficient (Wildman–Crippen LogP) is 16.4. The van der Waals surface area contributed by atoms with Crippen molar-refractivity contribution in [2.75, 3.05) is 4.90 Å². The lowest BCUT2D eigenvalue weighted by Gasteiger charge is -2.44. The Hall–Kier alpha value is -7.36. The molecule has 2 heterocycles. The maximum absolute atomic E-state index is 7.49. The van der Waals surface area contributed by atoms with E-state index in [4.69, 9.17) is 9.15 Å². The first-order valence-electron chi connectivity index (χ1n) is 22.2. The molecule has 0 saturated heterocycles. The third kappa shape index (κ3) is 5.06. The fourth-order valence-electron chi connectivity index (χ4n) is 11.5. The number of para-hydroxylation sites is 3. The topological polar surface area (TPSA) is 25.6 Å². The van der Waals surface area contributed by atoms with Gasteiger partial charge in [-0.1, -0.05) is 177 Å². The molecule has 1 spiro atoms. The molecule has 9 aromatic carbocycles. The number of fused-ring (bicyclic) bond motifs is 13. The highest BCUT2D eigenvalue weighted by Gasteiger charge is 2.53. The number of anilines is 3. The summed E-state index contributed by atoms with van der Waals surface area (Å²) in [4.78, 5) is 2.50. The van der Waals surface area contributed by atoms with E-state index in [0.717, 1.165) is 68.9 Å². The summed E-state index contributed by atoms with van der Waals surface area (Å²) in [6.45, 7) is 0. The summed E-state index contributed by atoms with van der Waals surface area (Å²) in [5, 5.41) is 4.58. The van der Waals surface area contributed by atoms with Crippen LogP contribution >= 0.6 is 0 Å². The maximum Gasteiger partial charge on any atom is 0.159 e. The minimum absolute atomic E-state index is 0.401. The van der Waals surface area contributed by atoms with Crippen LogP contribution in [0.5, 0.6) is 11.5 Å². The summed E-state index contributed by atoms with van der Waals surface area (Å²) in [7, 11) is 0. The smallest absolute Gasteiger partial charge is 0.159 e. The van der Waals surface area contributed by atoms with Gasteiger partial charge in [-0.25, -0.2) is 0 Å². The zero-order valence-corrected chi connectivity index (χ0v) is 34.4. The van der Waals surface area contributed by atoms with Crippen LogP contribution in [-0.2, 0) is 5.41 Å². The Bertz CT molecular complexity index is 3340. The number of nitrogens with zero attached hydrogens (tertiary/aromatic N) is 1. The summed E-state index contributed by atoms with van der Waals surface area (Å²) in [6, 6.07) is 71.2. The third-order valence-electron chi connectivity index (χ3n) is 14.1. The van der Waals surface area contributed by atoms with Crippen LogP contribution in [0, 0.1) is 0 Å². The molecule has 3 heteroatoms. The molecule has 13 rings (SSSR count). The van der Waals surface area contributed by atoms with Gasteiger partial charge >= 0.3 is 0 Å². The summed E-state index contributed by atoms with van der Waals surface area (Å²) in [6.07, 6.45) is 6.06. The quantitative estimate of drug-likeness (QED) is 0.173. The molecule has 3 aliphatic rings. The molecular weight excluding hydrogens is 755 g/mol. The van der Waals surface area contributed by atoms with Gasteiger partial charge in [0, 0.05) is 27.6 Å². The van der Waals surface area contributed by atoms with Gasteiger partial charge in [0.1, 0.15) is 17.1 Å². The highest BCUT2D eigenvalue weighted by Crippen LogP contribution is 2.66. The highest BCUT2D eigenvalue weighted by molar-refractivity contribution is 6.11. The standard InChI is InChI=1S/C59H43NO2/c1-3-18-38(19-4-1)43-34-35-52(56-58(43)62-55-33-16-14-30-51(55)59(56)49-28-12-9-24-44(49)45-25-10-13-29-50(45)59)60(53-31-17-27-47-46-26-11-15-32-54(46)61-57(47)53)41-36-40-22-7-8-23-42(40)48(37-41)39-20-5-2-6-21-39/h2,5-17,20-38H,1,3-4,18-19H2. The van der Waals surface area contributed by atoms with Gasteiger partial charge in [0.05, 0.1) is 16.8 Å². The molecule has 0 atom stereocenters. The molecule has 0 N–H and O–H groups in total. The van der Waals surface area contributed by atoms with Crippen LogP contribution in [0.3, 0.4) is 0 Å². The van der Waals surface area contributed by atoms with Crippen molar-refractivity contribution in [3.63, 3.8) is 0 Å². The van der Waals surface area contributed by atoms with Crippen LogP contribution < -0.4 is 9.64 Å². The number of benzene rings is 9. The van der Waals surface area contributed by atoms with Gasteiger partial charge in [-0.05, 0) is 105 Å². The maximum atomic E-state index is 7.49. The van der Waals surface area contributed by atoms with Gasteiger partial charge < -0.3 is 14.1 Å². The van der Waals surface area contributed by atoms with Crippen molar-refractivity contribution >= 4 is 49.8 Å². The Morgan fingerprint density at radius 3 is 1.95 bits per heavy atom. The number of ether oxygens (including phenoxy) is 1. The van der Waals surface area contributed by atoms with Gasteiger partial charge in [-0.15, -0.1) is 0 Å². The largest absolute Gasteiger partial charge is 0.456 e. The van der Waals surface area contributed by atoms with Crippen LogP contribution in [0.15, 0.2) is 199 Å². The summed E-state index contributed by atoms with van der Waals surface area (Å²) in [5.74, 6) is 2.31. The van der Waals surface area contributed by atoms with Gasteiger partial charge in [0.25, 0.3) is 0 Å². The Morgan fingerprint density at radius 2 is 1.15 bits per heavy atom. The molecule has 0 unspecified atom stereocenters. The molecule has 1 aliphatic heterocycles. The second-order valence-electron chi connectivity index (χ2n) is 17.3. The molecule has 0 bridgehead atoms. The van der Waals surface area contributed by atoms with E-state index in [9.17, 15) is 0 Å². The van der Waals surface area contributed by atoms with Crippen LogP contribution in [0.4, 0.5) is 17.1 Å². The summed E-state index contributed by atoms with van der Waals surface area (Å²) < 4.78 is 14.5. The average molecular weight is 798 g/mol. The number of hydrogen-bond acceptors (Lipinski definition) is 3. The van der Waals surface area contributed by atoms with E-state index < -0.39 is 5.41 Å². The van der Waals surface area contributed by atoms with E-state index in [2.05, 4.69) is 199 Å². The molecule has 2 aliphatic carbocycles. The molecule has 1 fully saturated rings. The molecule has 10 aromatic rings. The Labute approximate surface area is 361 Å². The minimum atomic E-state index is -0.684. The van der Waals surface area contributed by atoms with Crippen molar-refractivity contribution in [1.82, 2.24) is 0 Å². The second-order valence-corrected chi connectivity index (χ2v) is 17.3. The van der Waals surface area contributed by atoms with Crippen LogP contribution in [0.2, 0.25) is 0 Å². The van der Waals surface area contributed by atoms with Crippen molar-refractivity contribution in [3.8, 4) is 33.8 Å². The molecule has 1 saturated carbocycles. The van der Waals surface area contributed by atoms with E-state index >= 15 is 0 Å². The molecular formula is C59H43NO2. The molecule has 296 valence electrons. The molecule has 3 nitrogen and oxygen atoms in total. The van der Waals surface area contributed by atoms with E-state index in [0.29, 0.717) is 5.92 Å². The van der Waals surface area contributed by atoms with Gasteiger partial charge in [0.2, 0.25) is 0 Å². The predicted molar refractivity (Wildman–Crippen MR) is 255 cm³/mol. The van der Waals surface area contributed by atoms with Crippen LogP contribution in [-0.4, -0.2) is 0 Å². The Balaban J connectivity index is 1.21. The lowest BCUT2D eigenvalue weighted by atomic mass is 9.64. The molecule has 1 aromatic heterocycles. The lowest BCUT2D eigenvalue weighted by Crippen LogP contribution is -2.34. The number of hydrogen-bond donors (Lipinski definition) is 0. The molecule has 62 heavy (non-hydrogen) atoms. The van der Waals surface area contributed by atoms with Crippen LogP contribution in [0.1, 0.15) is 65.8 Å². The number of rotatable bonds is 5. The fraction of sp³-hybridized carbons (Fsp3) is 0.119. The molecule has 0 amide bonds. The first kappa shape index (κ1) is 35.4. The first-order chi connectivity index (χ1) is 30.8. The van der Waals surface area contributed by atoms with Crippen molar-refractivity contribution in [2.24, 2.45) is 0 Å². The van der Waals surface area contributed by atoms with Gasteiger partial charge in [-0.2, -0.15) is 0 Å². The fourth-order valence-corrected chi connectivity index (χ4v) is 11.5. The Morgan fingerprint density at radius 1 is 0.484 bits per heavy atom. The van der Waals surface area contributed by atoms with Gasteiger partial charge in [0.15, 0.2) is 5.58 Å². The van der Waals surface area contributed by atoms with Crippen molar-refractivity contribution < 1.29 is 9.15 Å². The van der Waals surface area contributed by atoms with E-state index in [1.54, 1.807) is 0 Å². The normalized spacial score (nSPS) is 15.0. The van der Waals surface area contributed by atoms with Crippen molar-refractivity contribution in [1.29, 1.82) is 0 Å². The summed E-state index contributed by atoms with van der Waals surface area (Å²) in [5.41, 5.74) is 15.3. The van der Waals surface area contributed by atoms with Gasteiger partial charge in [-0.3, -0.25) is 0 Å². The SMILES string of the molecule is c1ccc(-c2cc(N(c3ccc(C4CCCCC4)c4c3C3(c5ccccc5O4)c4ccccc4-c4ccccc43)c3cccc4c3oc3ccccc34)cc3ccccc23)cc1. The first-order valence-corrected chi connectivity index (χ1v) is 22.2. The zero-order valence-electron chi connectivity index (χ0n) is 34.4. The van der Waals surface area contributed by atoms with Crippen LogP contribution in [0.25, 0.3) is 55.0 Å². The molecule has 0 radical (unpaired) electrons. The minimum Gasteiger partial charge on any atom is -0.456 e. The van der Waals surface area contributed by atoms with Crippen molar-refractivity contribution in [3.05, 3.63) is 222 Å². The van der Waals surface area contributed by atoms with E-state index in [-0.39, 0.29) is 0 Å². The van der Waals surface area contributed by atoms with Crippen molar-refractivity contribution in [2.45, 2.75) is 43.4 Å². The second kappa shape index (κ2) is 13.8. The summed E-state index contributed by atoms with van der Waals surface area (Å²) >= 11 is 0. The highest BCUT2D eigenvalue weighted by atomic mass is 16.5. The van der Waals surface area contributed by atoms with E-state index in [1.165, 1.54) is 74.5 Å². The Kier molecular flexibility index (Phi) is 7.90. The van der Waals surface area contributed by atoms with E-state index in [1.807, 2.05) is 0 Å².